The molecule has 2 aromatic carbocycles. The number of halogens is 1. The Kier molecular flexibility index (Phi) is 3.61. The fourth-order valence-electron chi connectivity index (χ4n) is 1.55. The SMILES string of the molecule is NNC(=O)COc1ccc(Br)c2ccccc12. The lowest BCUT2D eigenvalue weighted by Gasteiger charge is -2.09. The van der Waals surface area contributed by atoms with Gasteiger partial charge in [-0.05, 0) is 17.5 Å². The maximum Gasteiger partial charge on any atom is 0.271 e. The Labute approximate surface area is 107 Å². The van der Waals surface area contributed by atoms with Gasteiger partial charge in [-0.15, -0.1) is 0 Å². The average Bonchev–Trinajstić information content (AvgIpc) is 2.38. The van der Waals surface area contributed by atoms with Crippen molar-refractivity contribution in [3.05, 3.63) is 40.9 Å². The van der Waals surface area contributed by atoms with Crippen molar-refractivity contribution >= 4 is 32.6 Å². The van der Waals surface area contributed by atoms with E-state index >= 15 is 0 Å². The Hall–Kier alpha value is -1.59. The smallest absolute Gasteiger partial charge is 0.271 e. The largest absolute Gasteiger partial charge is 0.483 e. The average molecular weight is 295 g/mol. The highest BCUT2D eigenvalue weighted by molar-refractivity contribution is 9.10. The molecule has 0 aliphatic heterocycles. The van der Waals surface area contributed by atoms with Crippen molar-refractivity contribution in [2.45, 2.75) is 0 Å². The quantitative estimate of drug-likeness (QED) is 0.517. The van der Waals surface area contributed by atoms with Crippen LogP contribution >= 0.6 is 15.9 Å². The molecule has 0 fully saturated rings. The van der Waals surface area contributed by atoms with Gasteiger partial charge in [0.15, 0.2) is 6.61 Å². The van der Waals surface area contributed by atoms with Crippen LogP contribution in [-0.4, -0.2) is 12.5 Å². The number of rotatable bonds is 3. The second-order valence-electron chi connectivity index (χ2n) is 3.45. The molecule has 0 heterocycles. The van der Waals surface area contributed by atoms with Crippen molar-refractivity contribution in [2.24, 2.45) is 5.84 Å². The molecule has 0 saturated carbocycles. The highest BCUT2D eigenvalue weighted by Gasteiger charge is 2.06. The predicted molar refractivity (Wildman–Crippen MR) is 69.5 cm³/mol. The predicted octanol–water partition coefficient (Wildman–Crippen LogP) is 1.97. The van der Waals surface area contributed by atoms with E-state index in [-0.39, 0.29) is 12.5 Å². The van der Waals surface area contributed by atoms with Gasteiger partial charge in [0, 0.05) is 9.86 Å². The summed E-state index contributed by atoms with van der Waals surface area (Å²) < 4.78 is 6.40. The molecule has 3 N–H and O–H groups in total. The minimum Gasteiger partial charge on any atom is -0.483 e. The van der Waals surface area contributed by atoms with Gasteiger partial charge in [-0.25, -0.2) is 5.84 Å². The minimum absolute atomic E-state index is 0.0951. The number of carbonyl (C=O) groups excluding carboxylic acids is 1. The molecular formula is C12H11BrN2O2. The Morgan fingerprint density at radius 3 is 2.65 bits per heavy atom. The van der Waals surface area contributed by atoms with Gasteiger partial charge in [0.05, 0.1) is 0 Å². The number of amides is 1. The summed E-state index contributed by atoms with van der Waals surface area (Å²) in [6.07, 6.45) is 0. The van der Waals surface area contributed by atoms with Crippen molar-refractivity contribution in [1.82, 2.24) is 5.43 Å². The van der Waals surface area contributed by atoms with Crippen LogP contribution in [0.3, 0.4) is 0 Å². The van der Waals surface area contributed by atoms with Crippen LogP contribution in [0, 0.1) is 0 Å². The molecule has 88 valence electrons. The first kappa shape index (κ1) is 11.9. The molecule has 0 saturated heterocycles. The van der Waals surface area contributed by atoms with Gasteiger partial charge >= 0.3 is 0 Å². The monoisotopic (exact) mass is 294 g/mol. The van der Waals surface area contributed by atoms with Crippen molar-refractivity contribution in [3.63, 3.8) is 0 Å². The molecule has 2 rings (SSSR count). The van der Waals surface area contributed by atoms with Crippen LogP contribution in [0.15, 0.2) is 40.9 Å². The number of fused-ring (bicyclic) bond motifs is 1. The molecule has 4 nitrogen and oxygen atoms in total. The number of ether oxygens (including phenoxy) is 1. The van der Waals surface area contributed by atoms with E-state index < -0.39 is 0 Å². The lowest BCUT2D eigenvalue weighted by molar-refractivity contribution is -0.123. The molecule has 2 aromatic rings. The van der Waals surface area contributed by atoms with E-state index in [1.54, 1.807) is 0 Å². The molecule has 0 aliphatic rings. The number of carbonyl (C=O) groups is 1. The van der Waals surface area contributed by atoms with E-state index in [2.05, 4.69) is 15.9 Å². The molecule has 1 amide bonds. The number of hydrogen-bond acceptors (Lipinski definition) is 3. The molecule has 0 atom stereocenters. The van der Waals surface area contributed by atoms with Crippen molar-refractivity contribution in [3.8, 4) is 5.75 Å². The highest BCUT2D eigenvalue weighted by Crippen LogP contribution is 2.31. The summed E-state index contributed by atoms with van der Waals surface area (Å²) in [6.45, 7) is -0.0951. The summed E-state index contributed by atoms with van der Waals surface area (Å²) in [5.74, 6) is 5.28. The van der Waals surface area contributed by atoms with Crippen LogP contribution in [0.25, 0.3) is 10.8 Å². The minimum atomic E-state index is -0.364. The zero-order valence-electron chi connectivity index (χ0n) is 8.94. The maximum absolute atomic E-state index is 11.0. The van der Waals surface area contributed by atoms with Crippen LogP contribution in [0.4, 0.5) is 0 Å². The van der Waals surface area contributed by atoms with Crippen LogP contribution in [0.2, 0.25) is 0 Å². The second kappa shape index (κ2) is 5.16. The van der Waals surface area contributed by atoms with E-state index in [1.807, 2.05) is 41.8 Å². The molecule has 0 radical (unpaired) electrons. The van der Waals surface area contributed by atoms with E-state index in [0.29, 0.717) is 5.75 Å². The van der Waals surface area contributed by atoms with E-state index in [0.717, 1.165) is 15.2 Å². The van der Waals surface area contributed by atoms with Crippen LogP contribution in [0.1, 0.15) is 0 Å². The van der Waals surface area contributed by atoms with Gasteiger partial charge in [0.2, 0.25) is 0 Å². The lowest BCUT2D eigenvalue weighted by Crippen LogP contribution is -2.34. The molecule has 0 aliphatic carbocycles. The summed E-state index contributed by atoms with van der Waals surface area (Å²) >= 11 is 3.47. The Morgan fingerprint density at radius 1 is 1.24 bits per heavy atom. The summed E-state index contributed by atoms with van der Waals surface area (Å²) in [4.78, 5) is 11.0. The standard InChI is InChI=1S/C12H11BrN2O2/c13-10-5-6-11(17-7-12(16)15-14)9-4-2-1-3-8(9)10/h1-6H,7,14H2,(H,15,16). The second-order valence-corrected chi connectivity index (χ2v) is 4.30. The number of hydrogen-bond donors (Lipinski definition) is 2. The van der Waals surface area contributed by atoms with Crippen molar-refractivity contribution in [1.29, 1.82) is 0 Å². The highest BCUT2D eigenvalue weighted by atomic mass is 79.9. The number of nitrogens with two attached hydrogens (primary N) is 1. The van der Waals surface area contributed by atoms with Gasteiger partial charge in [-0.3, -0.25) is 10.2 Å². The Morgan fingerprint density at radius 2 is 1.94 bits per heavy atom. The zero-order valence-corrected chi connectivity index (χ0v) is 10.5. The van der Waals surface area contributed by atoms with Crippen molar-refractivity contribution in [2.75, 3.05) is 6.61 Å². The Bertz CT molecular complexity index is 557. The first-order valence-electron chi connectivity index (χ1n) is 5.02. The lowest BCUT2D eigenvalue weighted by atomic mass is 10.1. The molecule has 0 spiro atoms. The number of nitrogens with one attached hydrogen (secondary N) is 1. The third kappa shape index (κ3) is 2.57. The van der Waals surface area contributed by atoms with Crippen LogP contribution < -0.4 is 16.0 Å². The third-order valence-corrected chi connectivity index (χ3v) is 3.04. The molecule has 0 unspecified atom stereocenters. The first-order valence-corrected chi connectivity index (χ1v) is 5.81. The van der Waals surface area contributed by atoms with Gasteiger partial charge in [-0.1, -0.05) is 40.2 Å². The number of hydrazine groups is 1. The molecule has 17 heavy (non-hydrogen) atoms. The zero-order chi connectivity index (χ0) is 12.3. The van der Waals surface area contributed by atoms with Gasteiger partial charge in [-0.2, -0.15) is 0 Å². The van der Waals surface area contributed by atoms with Crippen molar-refractivity contribution < 1.29 is 9.53 Å². The fraction of sp³-hybridized carbons (Fsp3) is 0.0833. The van der Waals surface area contributed by atoms with E-state index in [9.17, 15) is 4.79 Å². The van der Waals surface area contributed by atoms with E-state index in [1.165, 1.54) is 0 Å². The first-order chi connectivity index (χ1) is 8.22. The van der Waals surface area contributed by atoms with Gasteiger partial charge in [0.25, 0.3) is 5.91 Å². The van der Waals surface area contributed by atoms with Gasteiger partial charge in [0.1, 0.15) is 5.75 Å². The maximum atomic E-state index is 11.0. The van der Waals surface area contributed by atoms with E-state index in [4.69, 9.17) is 10.6 Å². The molecular weight excluding hydrogens is 284 g/mol. The summed E-state index contributed by atoms with van der Waals surface area (Å²) in [6, 6.07) is 11.5. The summed E-state index contributed by atoms with van der Waals surface area (Å²) in [7, 11) is 0. The third-order valence-electron chi connectivity index (χ3n) is 2.35. The topological polar surface area (TPSA) is 64.3 Å². The summed E-state index contributed by atoms with van der Waals surface area (Å²) in [5.41, 5.74) is 2.02. The van der Waals surface area contributed by atoms with Crippen LogP contribution in [-0.2, 0) is 4.79 Å². The molecule has 0 aromatic heterocycles. The number of benzene rings is 2. The normalized spacial score (nSPS) is 10.2. The summed E-state index contributed by atoms with van der Waals surface area (Å²) in [5, 5.41) is 1.99. The van der Waals surface area contributed by atoms with Gasteiger partial charge < -0.3 is 4.74 Å². The Balaban J connectivity index is 2.35. The molecule has 5 heteroatoms. The fourth-order valence-corrected chi connectivity index (χ4v) is 2.02. The van der Waals surface area contributed by atoms with Crippen LogP contribution in [0.5, 0.6) is 5.75 Å². The molecule has 0 bridgehead atoms.